The zero-order valence-electron chi connectivity index (χ0n) is 18.2. The number of nitrogens with one attached hydrogen (secondary N) is 1. The van der Waals surface area contributed by atoms with E-state index in [1.165, 1.54) is 11.3 Å². The predicted octanol–water partition coefficient (Wildman–Crippen LogP) is 3.30. The van der Waals surface area contributed by atoms with Crippen LogP contribution in [0.25, 0.3) is 6.08 Å². The van der Waals surface area contributed by atoms with Gasteiger partial charge in [0.1, 0.15) is 11.6 Å². The Bertz CT molecular complexity index is 820. The van der Waals surface area contributed by atoms with Crippen molar-refractivity contribution < 1.29 is 19.1 Å². The average Bonchev–Trinajstić information content (AvgIpc) is 2.73. The summed E-state index contributed by atoms with van der Waals surface area (Å²) in [6.45, 7) is 3.93. The van der Waals surface area contributed by atoms with Crippen LogP contribution >= 0.6 is 0 Å². The molecule has 30 heavy (non-hydrogen) atoms. The van der Waals surface area contributed by atoms with Gasteiger partial charge in [-0.05, 0) is 50.5 Å². The summed E-state index contributed by atoms with van der Waals surface area (Å²) >= 11 is 0. The maximum atomic E-state index is 12.5. The van der Waals surface area contributed by atoms with E-state index in [2.05, 4.69) is 5.32 Å². The number of rotatable bonds is 8. The highest BCUT2D eigenvalue weighted by molar-refractivity contribution is 6.01. The minimum atomic E-state index is -0.670. The SMILES string of the molecule is CCOc1cc(C=C(C#N)C(=O)NC2CCCCC2)ccc1OC(C)C(=O)N(C)C. The minimum absolute atomic E-state index is 0.0489. The van der Waals surface area contributed by atoms with Crippen LogP contribution in [0.3, 0.4) is 0 Å². The molecular formula is C23H31N3O4. The van der Waals surface area contributed by atoms with Crippen LogP contribution in [0.15, 0.2) is 23.8 Å². The van der Waals surface area contributed by atoms with Gasteiger partial charge in [-0.25, -0.2) is 0 Å². The summed E-state index contributed by atoms with van der Waals surface area (Å²) in [5, 5.41) is 12.4. The normalized spacial score (nSPS) is 15.6. The van der Waals surface area contributed by atoms with Crippen molar-refractivity contribution in [2.75, 3.05) is 20.7 Å². The van der Waals surface area contributed by atoms with Gasteiger partial charge in [-0.1, -0.05) is 25.3 Å². The molecule has 1 unspecified atom stereocenters. The van der Waals surface area contributed by atoms with Crippen molar-refractivity contribution in [2.24, 2.45) is 0 Å². The van der Waals surface area contributed by atoms with Gasteiger partial charge in [0.25, 0.3) is 11.8 Å². The van der Waals surface area contributed by atoms with Crippen LogP contribution in [-0.4, -0.2) is 49.6 Å². The lowest BCUT2D eigenvalue weighted by Gasteiger charge is -2.22. The largest absolute Gasteiger partial charge is 0.490 e. The lowest BCUT2D eigenvalue weighted by atomic mass is 9.95. The van der Waals surface area contributed by atoms with Crippen molar-refractivity contribution in [1.29, 1.82) is 5.26 Å². The summed E-state index contributed by atoms with van der Waals surface area (Å²) in [5.74, 6) is 0.372. The van der Waals surface area contributed by atoms with Crippen molar-refractivity contribution in [1.82, 2.24) is 10.2 Å². The minimum Gasteiger partial charge on any atom is -0.490 e. The molecule has 1 aromatic rings. The second-order valence-corrected chi connectivity index (χ2v) is 7.61. The molecule has 0 bridgehead atoms. The Hall–Kier alpha value is -3.01. The third kappa shape index (κ3) is 6.51. The van der Waals surface area contributed by atoms with E-state index in [4.69, 9.17) is 9.47 Å². The first-order chi connectivity index (χ1) is 14.3. The maximum absolute atomic E-state index is 12.5. The van der Waals surface area contributed by atoms with E-state index in [1.54, 1.807) is 45.3 Å². The van der Waals surface area contributed by atoms with Gasteiger partial charge in [0.15, 0.2) is 17.6 Å². The fourth-order valence-corrected chi connectivity index (χ4v) is 3.41. The van der Waals surface area contributed by atoms with Gasteiger partial charge >= 0.3 is 0 Å². The average molecular weight is 414 g/mol. The first-order valence-electron chi connectivity index (χ1n) is 10.4. The number of carbonyl (C=O) groups excluding carboxylic acids is 2. The fourth-order valence-electron chi connectivity index (χ4n) is 3.41. The van der Waals surface area contributed by atoms with Crippen LogP contribution in [0.5, 0.6) is 11.5 Å². The molecule has 7 heteroatoms. The third-order valence-electron chi connectivity index (χ3n) is 4.98. The molecule has 162 valence electrons. The topological polar surface area (TPSA) is 91.7 Å². The first-order valence-corrected chi connectivity index (χ1v) is 10.4. The lowest BCUT2D eigenvalue weighted by molar-refractivity contribution is -0.135. The summed E-state index contributed by atoms with van der Waals surface area (Å²) in [7, 11) is 3.34. The van der Waals surface area contributed by atoms with E-state index in [9.17, 15) is 14.9 Å². The van der Waals surface area contributed by atoms with Gasteiger partial charge in [0, 0.05) is 20.1 Å². The smallest absolute Gasteiger partial charge is 0.262 e. The summed E-state index contributed by atoms with van der Waals surface area (Å²) in [6, 6.07) is 7.25. The molecule has 1 fully saturated rings. The van der Waals surface area contributed by atoms with Gasteiger partial charge in [0.05, 0.1) is 6.61 Å². The molecule has 0 radical (unpaired) electrons. The lowest BCUT2D eigenvalue weighted by Crippen LogP contribution is -2.36. The Kier molecular flexibility index (Phi) is 8.72. The molecule has 2 amide bonds. The number of ether oxygens (including phenoxy) is 2. The number of benzene rings is 1. The third-order valence-corrected chi connectivity index (χ3v) is 4.98. The highest BCUT2D eigenvalue weighted by atomic mass is 16.5. The Balaban J connectivity index is 2.19. The van der Waals surface area contributed by atoms with Crippen LogP contribution in [0.2, 0.25) is 0 Å². The number of nitriles is 1. The van der Waals surface area contributed by atoms with E-state index in [0.717, 1.165) is 25.7 Å². The fraction of sp³-hybridized carbons (Fsp3) is 0.522. The van der Waals surface area contributed by atoms with E-state index in [-0.39, 0.29) is 23.4 Å². The van der Waals surface area contributed by atoms with Crippen molar-refractivity contribution in [2.45, 2.75) is 58.1 Å². The van der Waals surface area contributed by atoms with Gasteiger partial charge in [-0.15, -0.1) is 0 Å². The molecule has 7 nitrogen and oxygen atoms in total. The molecule has 1 aliphatic rings. The number of nitrogens with zero attached hydrogens (tertiary/aromatic N) is 2. The van der Waals surface area contributed by atoms with E-state index in [1.807, 2.05) is 13.0 Å². The standard InChI is InChI=1S/C23H31N3O4/c1-5-29-21-14-17(11-12-20(21)30-16(2)23(28)26(3)4)13-18(15-24)22(27)25-19-9-7-6-8-10-19/h11-14,16,19H,5-10H2,1-4H3,(H,25,27). The molecule has 1 saturated carbocycles. The van der Waals surface area contributed by atoms with Crippen molar-refractivity contribution >= 4 is 17.9 Å². The van der Waals surface area contributed by atoms with E-state index >= 15 is 0 Å². The van der Waals surface area contributed by atoms with Gasteiger partial charge in [-0.3, -0.25) is 9.59 Å². The molecular weight excluding hydrogens is 382 g/mol. The monoisotopic (exact) mass is 413 g/mol. The predicted molar refractivity (Wildman–Crippen MR) is 115 cm³/mol. The van der Waals surface area contributed by atoms with Gasteiger partial charge in [0.2, 0.25) is 0 Å². The molecule has 0 saturated heterocycles. The highest BCUT2D eigenvalue weighted by Crippen LogP contribution is 2.30. The Morgan fingerprint density at radius 2 is 1.97 bits per heavy atom. The van der Waals surface area contributed by atoms with E-state index in [0.29, 0.717) is 23.7 Å². The Labute approximate surface area is 178 Å². The number of hydrogen-bond donors (Lipinski definition) is 1. The number of carbonyl (C=O) groups is 2. The molecule has 0 heterocycles. The molecule has 0 aromatic heterocycles. The number of amides is 2. The highest BCUT2D eigenvalue weighted by Gasteiger charge is 2.20. The van der Waals surface area contributed by atoms with Crippen LogP contribution in [0.4, 0.5) is 0 Å². The molecule has 1 aromatic carbocycles. The Morgan fingerprint density at radius 3 is 2.57 bits per heavy atom. The van der Waals surface area contributed by atoms with E-state index < -0.39 is 6.10 Å². The number of likely N-dealkylation sites (N-methyl/N-ethyl adjacent to an activating group) is 1. The van der Waals surface area contributed by atoms with Gasteiger partial charge < -0.3 is 19.7 Å². The molecule has 1 atom stereocenters. The summed E-state index contributed by atoms with van der Waals surface area (Å²) < 4.78 is 11.4. The maximum Gasteiger partial charge on any atom is 0.262 e. The van der Waals surface area contributed by atoms with Crippen LogP contribution in [-0.2, 0) is 9.59 Å². The van der Waals surface area contributed by atoms with Crippen LogP contribution < -0.4 is 14.8 Å². The van der Waals surface area contributed by atoms with Crippen molar-refractivity contribution in [3.8, 4) is 17.6 Å². The Morgan fingerprint density at radius 1 is 1.27 bits per heavy atom. The van der Waals surface area contributed by atoms with Crippen molar-refractivity contribution in [3.05, 3.63) is 29.3 Å². The molecule has 1 aliphatic carbocycles. The summed E-state index contributed by atoms with van der Waals surface area (Å²) in [6.07, 6.45) is 6.18. The second-order valence-electron chi connectivity index (χ2n) is 7.61. The number of hydrogen-bond acceptors (Lipinski definition) is 5. The summed E-state index contributed by atoms with van der Waals surface area (Å²) in [4.78, 5) is 26.0. The molecule has 0 aliphatic heterocycles. The first kappa shape index (κ1) is 23.3. The van der Waals surface area contributed by atoms with Gasteiger partial charge in [-0.2, -0.15) is 5.26 Å². The quantitative estimate of drug-likeness (QED) is 0.522. The van der Waals surface area contributed by atoms with Crippen LogP contribution in [0.1, 0.15) is 51.5 Å². The molecule has 0 spiro atoms. The van der Waals surface area contributed by atoms with Crippen LogP contribution in [0, 0.1) is 11.3 Å². The molecule has 2 rings (SSSR count). The zero-order valence-corrected chi connectivity index (χ0v) is 18.2. The molecule has 1 N–H and O–H groups in total. The van der Waals surface area contributed by atoms with Crippen molar-refractivity contribution in [3.63, 3.8) is 0 Å². The second kappa shape index (κ2) is 11.2. The summed E-state index contributed by atoms with van der Waals surface area (Å²) in [5.41, 5.74) is 0.695. The zero-order chi connectivity index (χ0) is 22.1.